The van der Waals surface area contributed by atoms with Crippen molar-refractivity contribution in [1.82, 2.24) is 9.78 Å². The number of allylic oxidation sites excluding steroid dienone is 1. The third-order valence-corrected chi connectivity index (χ3v) is 4.98. The Hall–Kier alpha value is -3.72. The lowest BCUT2D eigenvalue weighted by Gasteiger charge is -2.25. The van der Waals surface area contributed by atoms with Gasteiger partial charge in [-0.1, -0.05) is 30.3 Å². The van der Waals surface area contributed by atoms with Crippen molar-refractivity contribution in [3.05, 3.63) is 82.9 Å². The molecule has 0 saturated heterocycles. The highest BCUT2D eigenvalue weighted by atomic mass is 16.5. The molecule has 3 aromatic rings. The van der Waals surface area contributed by atoms with Crippen molar-refractivity contribution in [2.75, 3.05) is 19.0 Å². The van der Waals surface area contributed by atoms with Gasteiger partial charge in [0.15, 0.2) is 0 Å². The molecule has 1 atom stereocenters. The number of benzene rings is 2. The number of nitrogens with zero attached hydrogens (tertiary/aromatic N) is 4. The Balaban J connectivity index is 1.90. The molecule has 2 N–H and O–H groups in total. The predicted octanol–water partition coefficient (Wildman–Crippen LogP) is 3.46. The molecule has 6 nitrogen and oxygen atoms in total. The van der Waals surface area contributed by atoms with Crippen LogP contribution in [0.15, 0.2) is 66.1 Å². The lowest BCUT2D eigenvalue weighted by atomic mass is 9.84. The standard InChI is InChI=1S/C22H21N5O/c1-14-19-20(15-9-11-16(12-10-15)26(2)3)18(13-23)21(24)28-22(19)27(25-14)17-7-5-4-6-8-17/h4-12,20H,24H2,1-3H3/t20-/m0/s1. The smallest absolute Gasteiger partial charge is 0.229 e. The van der Waals surface area contributed by atoms with Crippen molar-refractivity contribution >= 4 is 5.69 Å². The van der Waals surface area contributed by atoms with Crippen LogP contribution in [0.25, 0.3) is 5.69 Å². The molecule has 0 bridgehead atoms. The molecule has 6 heteroatoms. The summed E-state index contributed by atoms with van der Waals surface area (Å²) < 4.78 is 7.63. The maximum atomic E-state index is 9.77. The van der Waals surface area contributed by atoms with Crippen LogP contribution < -0.4 is 15.4 Å². The number of rotatable bonds is 3. The Morgan fingerprint density at radius 1 is 1.11 bits per heavy atom. The molecule has 28 heavy (non-hydrogen) atoms. The molecule has 1 aromatic heterocycles. The second kappa shape index (κ2) is 6.78. The molecule has 0 spiro atoms. The molecule has 2 heterocycles. The molecule has 4 rings (SSSR count). The molecule has 0 saturated carbocycles. The number of anilines is 1. The van der Waals surface area contributed by atoms with Gasteiger partial charge in [-0.15, -0.1) is 0 Å². The first kappa shape index (κ1) is 17.7. The van der Waals surface area contributed by atoms with E-state index in [1.807, 2.05) is 80.5 Å². The third kappa shape index (κ3) is 2.78. The third-order valence-electron chi connectivity index (χ3n) is 4.98. The van der Waals surface area contributed by atoms with Gasteiger partial charge in [0.2, 0.25) is 11.8 Å². The number of nitrogens with two attached hydrogens (primary N) is 1. The van der Waals surface area contributed by atoms with Crippen LogP contribution in [0, 0.1) is 18.3 Å². The van der Waals surface area contributed by atoms with Gasteiger partial charge in [0.05, 0.1) is 22.9 Å². The van der Waals surface area contributed by atoms with E-state index in [0.717, 1.165) is 28.2 Å². The fraction of sp³-hybridized carbons (Fsp3) is 0.182. The first-order valence-electron chi connectivity index (χ1n) is 9.01. The highest BCUT2D eigenvalue weighted by Crippen LogP contribution is 2.44. The van der Waals surface area contributed by atoms with Crippen LogP contribution in [0.4, 0.5) is 5.69 Å². The normalized spacial score (nSPS) is 15.6. The van der Waals surface area contributed by atoms with Crippen LogP contribution in [-0.2, 0) is 0 Å². The van der Waals surface area contributed by atoms with Crippen molar-refractivity contribution in [3.63, 3.8) is 0 Å². The Labute approximate surface area is 164 Å². The summed E-state index contributed by atoms with van der Waals surface area (Å²) in [6, 6.07) is 20.1. The minimum absolute atomic E-state index is 0.119. The van der Waals surface area contributed by atoms with Gasteiger partial charge in [-0.2, -0.15) is 10.4 Å². The average molecular weight is 371 g/mol. The van der Waals surface area contributed by atoms with E-state index in [1.54, 1.807) is 4.68 Å². The minimum Gasteiger partial charge on any atom is -0.422 e. The average Bonchev–Trinajstić information content (AvgIpc) is 3.03. The molecular weight excluding hydrogens is 350 g/mol. The topological polar surface area (TPSA) is 80.1 Å². The van der Waals surface area contributed by atoms with E-state index in [9.17, 15) is 5.26 Å². The van der Waals surface area contributed by atoms with Crippen LogP contribution >= 0.6 is 0 Å². The van der Waals surface area contributed by atoms with Gasteiger partial charge in [0.25, 0.3) is 0 Å². The van der Waals surface area contributed by atoms with Gasteiger partial charge in [-0.25, -0.2) is 4.68 Å². The SMILES string of the molecule is Cc1nn(-c2ccccc2)c2c1[C@@H](c1ccc(N(C)C)cc1)C(C#N)=C(N)O2. The first-order chi connectivity index (χ1) is 13.5. The maximum Gasteiger partial charge on any atom is 0.229 e. The van der Waals surface area contributed by atoms with Crippen molar-refractivity contribution in [1.29, 1.82) is 5.26 Å². The molecule has 1 aliphatic rings. The molecule has 140 valence electrons. The fourth-order valence-electron chi connectivity index (χ4n) is 3.56. The number of nitriles is 1. The van der Waals surface area contributed by atoms with Crippen LogP contribution in [-0.4, -0.2) is 23.9 Å². The van der Waals surface area contributed by atoms with Gasteiger partial charge in [0, 0.05) is 19.8 Å². The number of para-hydroxylation sites is 1. The molecule has 0 aliphatic carbocycles. The van der Waals surface area contributed by atoms with Crippen LogP contribution in [0.3, 0.4) is 0 Å². The molecule has 2 aromatic carbocycles. The van der Waals surface area contributed by atoms with Crippen molar-refractivity contribution < 1.29 is 4.74 Å². The van der Waals surface area contributed by atoms with E-state index in [1.165, 1.54) is 0 Å². The number of aryl methyl sites for hydroxylation is 1. The summed E-state index contributed by atoms with van der Waals surface area (Å²) in [5.74, 6) is 0.359. The Kier molecular flexibility index (Phi) is 4.28. The van der Waals surface area contributed by atoms with E-state index >= 15 is 0 Å². The highest BCUT2D eigenvalue weighted by Gasteiger charge is 2.36. The zero-order valence-electron chi connectivity index (χ0n) is 16.0. The quantitative estimate of drug-likeness (QED) is 0.763. The maximum absolute atomic E-state index is 9.77. The second-order valence-electron chi connectivity index (χ2n) is 6.96. The minimum atomic E-state index is -0.317. The summed E-state index contributed by atoms with van der Waals surface area (Å²) >= 11 is 0. The van der Waals surface area contributed by atoms with Crippen LogP contribution in [0.1, 0.15) is 22.7 Å². The molecule has 1 aliphatic heterocycles. The second-order valence-corrected chi connectivity index (χ2v) is 6.96. The Morgan fingerprint density at radius 3 is 2.39 bits per heavy atom. The lowest BCUT2D eigenvalue weighted by Crippen LogP contribution is -2.22. The lowest BCUT2D eigenvalue weighted by molar-refractivity contribution is 0.367. The summed E-state index contributed by atoms with van der Waals surface area (Å²) in [5, 5.41) is 14.5. The molecular formula is C22H21N5O. The summed E-state index contributed by atoms with van der Waals surface area (Å²) in [4.78, 5) is 2.03. The van der Waals surface area contributed by atoms with E-state index in [4.69, 9.17) is 10.5 Å². The molecule has 0 unspecified atom stereocenters. The predicted molar refractivity (Wildman–Crippen MR) is 108 cm³/mol. The zero-order valence-corrected chi connectivity index (χ0v) is 16.0. The number of hydrogen-bond donors (Lipinski definition) is 1. The highest BCUT2D eigenvalue weighted by molar-refractivity contribution is 5.58. The van der Waals surface area contributed by atoms with Gasteiger partial charge < -0.3 is 15.4 Å². The summed E-state index contributed by atoms with van der Waals surface area (Å²) in [7, 11) is 3.99. The monoisotopic (exact) mass is 371 g/mol. The summed E-state index contributed by atoms with van der Waals surface area (Å²) in [5.41, 5.74) is 11.2. The number of hydrogen-bond acceptors (Lipinski definition) is 5. The van der Waals surface area contributed by atoms with E-state index < -0.39 is 0 Å². The van der Waals surface area contributed by atoms with Crippen LogP contribution in [0.5, 0.6) is 5.88 Å². The number of aromatic nitrogens is 2. The molecule has 0 amide bonds. The van der Waals surface area contributed by atoms with E-state index in [2.05, 4.69) is 11.2 Å². The largest absolute Gasteiger partial charge is 0.422 e. The first-order valence-corrected chi connectivity index (χ1v) is 9.01. The van der Waals surface area contributed by atoms with E-state index in [-0.39, 0.29) is 11.8 Å². The molecule has 0 fully saturated rings. The summed E-state index contributed by atoms with van der Waals surface area (Å²) in [6.07, 6.45) is 0. The number of ether oxygens (including phenoxy) is 1. The Bertz CT molecular complexity index is 1090. The summed E-state index contributed by atoms with van der Waals surface area (Å²) in [6.45, 7) is 1.93. The zero-order chi connectivity index (χ0) is 19.8. The van der Waals surface area contributed by atoms with Gasteiger partial charge in [0.1, 0.15) is 11.6 Å². The van der Waals surface area contributed by atoms with Gasteiger partial charge in [-0.3, -0.25) is 0 Å². The number of fused-ring (bicyclic) bond motifs is 1. The Morgan fingerprint density at radius 2 is 1.79 bits per heavy atom. The van der Waals surface area contributed by atoms with Gasteiger partial charge >= 0.3 is 0 Å². The van der Waals surface area contributed by atoms with E-state index in [0.29, 0.717) is 11.5 Å². The van der Waals surface area contributed by atoms with Crippen molar-refractivity contribution in [2.24, 2.45) is 5.73 Å². The van der Waals surface area contributed by atoms with Crippen molar-refractivity contribution in [2.45, 2.75) is 12.8 Å². The van der Waals surface area contributed by atoms with Gasteiger partial charge in [-0.05, 0) is 36.8 Å². The molecule has 0 radical (unpaired) electrons. The van der Waals surface area contributed by atoms with Crippen molar-refractivity contribution in [3.8, 4) is 17.6 Å². The fourth-order valence-corrected chi connectivity index (χ4v) is 3.56. The van der Waals surface area contributed by atoms with Crippen LogP contribution in [0.2, 0.25) is 0 Å².